The summed E-state index contributed by atoms with van der Waals surface area (Å²) in [5.74, 6) is -1.29. The largest absolute Gasteiger partial charge is 0.418 e. The van der Waals surface area contributed by atoms with Gasteiger partial charge >= 0.3 is 6.18 Å². The molecule has 2 heterocycles. The quantitative estimate of drug-likeness (QED) is 0.651. The average Bonchev–Trinajstić information content (AvgIpc) is 3.05. The van der Waals surface area contributed by atoms with Gasteiger partial charge in [0.15, 0.2) is 5.78 Å². The third kappa shape index (κ3) is 2.75. The Balaban J connectivity index is 1.90. The van der Waals surface area contributed by atoms with Gasteiger partial charge in [-0.2, -0.15) is 18.4 Å². The Hall–Kier alpha value is -4.06. The molecule has 1 amide bonds. The lowest BCUT2D eigenvalue weighted by molar-refractivity contribution is -0.137. The summed E-state index contributed by atoms with van der Waals surface area (Å²) in [5.41, 5.74) is 4.98. The topological polar surface area (TPSA) is 99.2 Å². The zero-order valence-corrected chi connectivity index (χ0v) is 18.1. The minimum Gasteiger partial charge on any atom is -0.384 e. The predicted molar refractivity (Wildman–Crippen MR) is 118 cm³/mol. The molecule has 0 aromatic heterocycles. The van der Waals surface area contributed by atoms with Crippen LogP contribution in [0.15, 0.2) is 65.1 Å². The molecule has 0 fully saturated rings. The van der Waals surface area contributed by atoms with E-state index in [2.05, 4.69) is 5.32 Å². The molecule has 5 rings (SSSR count). The summed E-state index contributed by atoms with van der Waals surface area (Å²) in [5, 5.41) is 13.0. The number of allylic oxidation sites excluding steroid dienone is 1. The van der Waals surface area contributed by atoms with Gasteiger partial charge in [0.25, 0.3) is 0 Å². The molecule has 2 aliphatic heterocycles. The van der Waals surface area contributed by atoms with Crippen LogP contribution < -0.4 is 16.0 Å². The summed E-state index contributed by atoms with van der Waals surface area (Å²) in [6.07, 6.45) is -3.98. The van der Waals surface area contributed by atoms with Gasteiger partial charge in [-0.3, -0.25) is 14.5 Å². The fraction of sp³-hybridized carbons (Fsp3) is 0.240. The number of nitriles is 1. The lowest BCUT2D eigenvalue weighted by Crippen LogP contribution is -2.51. The molecule has 1 spiro atoms. The summed E-state index contributed by atoms with van der Waals surface area (Å²) in [6.45, 7) is 1.81. The molecular weight excluding hydrogens is 445 g/mol. The number of carbonyl (C=O) groups excluding carboxylic acids is 2. The first-order valence-corrected chi connectivity index (χ1v) is 10.7. The molecule has 3 N–H and O–H groups in total. The Morgan fingerprint density at radius 2 is 1.88 bits per heavy atom. The number of carbonyl (C=O) groups is 2. The number of ketones is 1. The average molecular weight is 464 g/mol. The van der Waals surface area contributed by atoms with E-state index in [4.69, 9.17) is 5.73 Å². The number of Topliss-reactive ketones (excluding diaryl/α,β-unsaturated/α-hetero) is 1. The van der Waals surface area contributed by atoms with Gasteiger partial charge in [-0.1, -0.05) is 29.8 Å². The van der Waals surface area contributed by atoms with Gasteiger partial charge in [-0.05, 0) is 38.0 Å². The Morgan fingerprint density at radius 3 is 2.59 bits per heavy atom. The number of nitrogens with zero attached hydrogens (tertiary/aromatic N) is 2. The number of para-hydroxylation sites is 1. The first-order chi connectivity index (χ1) is 16.1. The molecule has 0 radical (unpaired) electrons. The maximum atomic E-state index is 13.9. The van der Waals surface area contributed by atoms with Crippen molar-refractivity contribution in [2.75, 3.05) is 10.2 Å². The molecule has 0 saturated heterocycles. The zero-order valence-electron chi connectivity index (χ0n) is 18.1. The second kappa shape index (κ2) is 7.22. The van der Waals surface area contributed by atoms with Crippen LogP contribution in [-0.2, 0) is 21.2 Å². The number of halogens is 3. The van der Waals surface area contributed by atoms with Crippen molar-refractivity contribution >= 4 is 23.1 Å². The molecule has 0 saturated carbocycles. The van der Waals surface area contributed by atoms with Crippen molar-refractivity contribution in [3.63, 3.8) is 0 Å². The maximum Gasteiger partial charge on any atom is 0.418 e. The van der Waals surface area contributed by atoms with Crippen molar-refractivity contribution < 1.29 is 22.8 Å². The van der Waals surface area contributed by atoms with Gasteiger partial charge in [-0.15, -0.1) is 0 Å². The molecule has 172 valence electrons. The summed E-state index contributed by atoms with van der Waals surface area (Å²) in [4.78, 5) is 28.1. The first kappa shape index (κ1) is 21.8. The molecule has 9 heteroatoms. The highest BCUT2D eigenvalue weighted by atomic mass is 19.4. The van der Waals surface area contributed by atoms with Gasteiger partial charge in [0, 0.05) is 28.9 Å². The van der Waals surface area contributed by atoms with E-state index < -0.39 is 23.1 Å². The maximum absolute atomic E-state index is 13.9. The lowest BCUT2D eigenvalue weighted by atomic mass is 9.63. The van der Waals surface area contributed by atoms with Crippen molar-refractivity contribution in [2.45, 2.75) is 37.8 Å². The molecule has 0 unspecified atom stereocenters. The molecular formula is C25H19F3N4O2. The van der Waals surface area contributed by atoms with E-state index in [1.54, 1.807) is 18.2 Å². The van der Waals surface area contributed by atoms with Gasteiger partial charge < -0.3 is 11.1 Å². The highest BCUT2D eigenvalue weighted by Gasteiger charge is 2.60. The number of nitrogens with two attached hydrogens (primary N) is 1. The van der Waals surface area contributed by atoms with Gasteiger partial charge in [-0.25, -0.2) is 0 Å². The van der Waals surface area contributed by atoms with E-state index in [9.17, 15) is 28.0 Å². The molecule has 6 nitrogen and oxygen atoms in total. The number of amides is 1. The summed E-state index contributed by atoms with van der Waals surface area (Å²) >= 11 is 0. The van der Waals surface area contributed by atoms with Crippen LogP contribution in [0.3, 0.4) is 0 Å². The normalized spacial score (nSPS) is 22.0. The minimum atomic E-state index is -4.70. The van der Waals surface area contributed by atoms with E-state index in [0.717, 1.165) is 16.5 Å². The Morgan fingerprint density at radius 1 is 1.15 bits per heavy atom. The van der Waals surface area contributed by atoms with Gasteiger partial charge in [0.1, 0.15) is 17.3 Å². The minimum absolute atomic E-state index is 0.0170. The molecule has 2 aromatic rings. The highest BCUT2D eigenvalue weighted by Crippen LogP contribution is 2.56. The van der Waals surface area contributed by atoms with E-state index in [1.165, 1.54) is 18.2 Å². The number of rotatable bonds is 1. The summed E-state index contributed by atoms with van der Waals surface area (Å²) < 4.78 is 41.7. The lowest BCUT2D eigenvalue weighted by Gasteiger charge is -2.44. The van der Waals surface area contributed by atoms with E-state index in [1.807, 2.05) is 13.0 Å². The summed E-state index contributed by atoms with van der Waals surface area (Å²) in [6, 6.07) is 12.0. The number of benzene rings is 2. The van der Waals surface area contributed by atoms with E-state index in [0.29, 0.717) is 17.7 Å². The number of alkyl halides is 3. The molecule has 3 aliphatic rings. The second-order valence-corrected chi connectivity index (χ2v) is 8.57. The number of aryl methyl sites for hydroxylation is 1. The van der Waals surface area contributed by atoms with Crippen LogP contribution in [0.2, 0.25) is 0 Å². The van der Waals surface area contributed by atoms with Crippen LogP contribution in [0.1, 0.15) is 36.0 Å². The predicted octanol–water partition coefficient (Wildman–Crippen LogP) is 4.42. The number of anilines is 2. The van der Waals surface area contributed by atoms with Crippen molar-refractivity contribution in [1.82, 2.24) is 0 Å². The fourth-order valence-corrected chi connectivity index (χ4v) is 5.29. The second-order valence-electron chi connectivity index (χ2n) is 8.57. The van der Waals surface area contributed by atoms with Crippen molar-refractivity contribution in [2.24, 2.45) is 5.73 Å². The van der Waals surface area contributed by atoms with Crippen LogP contribution >= 0.6 is 0 Å². The SMILES string of the molecule is Cc1ccc2c(c1)[C@]1(C(=O)N2)C(C#N)=C(N)N(c2ccccc2C(F)(F)F)C2=C1C(=O)CCC2. The zero-order chi connectivity index (χ0) is 24.4. The number of hydrogen-bond acceptors (Lipinski definition) is 5. The smallest absolute Gasteiger partial charge is 0.384 e. The molecule has 0 bridgehead atoms. The number of fused-ring (bicyclic) bond motifs is 3. The monoisotopic (exact) mass is 464 g/mol. The van der Waals surface area contributed by atoms with Crippen LogP contribution in [0.4, 0.5) is 24.5 Å². The molecule has 34 heavy (non-hydrogen) atoms. The molecule has 1 aliphatic carbocycles. The highest BCUT2D eigenvalue weighted by molar-refractivity contribution is 6.19. The number of hydrogen-bond donors (Lipinski definition) is 2. The van der Waals surface area contributed by atoms with Gasteiger partial charge in [0.05, 0.1) is 16.8 Å². The third-order valence-electron chi connectivity index (χ3n) is 6.63. The first-order valence-electron chi connectivity index (χ1n) is 10.7. The number of nitrogens with one attached hydrogen (secondary N) is 1. The van der Waals surface area contributed by atoms with Gasteiger partial charge in [0.2, 0.25) is 5.91 Å². The van der Waals surface area contributed by atoms with Crippen LogP contribution in [-0.4, -0.2) is 11.7 Å². The molecule has 1 atom stereocenters. The van der Waals surface area contributed by atoms with Crippen molar-refractivity contribution in [3.8, 4) is 6.07 Å². The Labute approximate surface area is 193 Å². The summed E-state index contributed by atoms with van der Waals surface area (Å²) in [7, 11) is 0. The third-order valence-corrected chi connectivity index (χ3v) is 6.63. The van der Waals surface area contributed by atoms with E-state index >= 15 is 0 Å². The Bertz CT molecular complexity index is 1380. The molecule has 2 aromatic carbocycles. The van der Waals surface area contributed by atoms with Crippen LogP contribution in [0.5, 0.6) is 0 Å². The van der Waals surface area contributed by atoms with Crippen LogP contribution in [0, 0.1) is 18.3 Å². The fourth-order valence-electron chi connectivity index (χ4n) is 5.29. The van der Waals surface area contributed by atoms with Crippen molar-refractivity contribution in [1.29, 1.82) is 5.26 Å². The van der Waals surface area contributed by atoms with Crippen molar-refractivity contribution in [3.05, 3.63) is 81.8 Å². The standard InChI is InChI=1S/C25H19F3N4O2/c1-13-9-10-17-15(11-13)24(23(34)31-17)16(12-29)22(30)32(19-7-4-8-20(33)21(19)24)18-6-3-2-5-14(18)25(26,27)28/h2-3,5-6,9-11H,4,7-8,30H2,1H3,(H,31,34)/t24-/m0/s1. The van der Waals surface area contributed by atoms with E-state index in [-0.39, 0.29) is 47.0 Å². The van der Waals surface area contributed by atoms with Crippen LogP contribution in [0.25, 0.3) is 0 Å². The Kier molecular flexibility index (Phi) is 4.62.